The summed E-state index contributed by atoms with van der Waals surface area (Å²) in [5, 5.41) is 2.96. The first-order valence-electron chi connectivity index (χ1n) is 8.76. The molecular weight excluding hydrogens is 364 g/mol. The predicted octanol–water partition coefficient (Wildman–Crippen LogP) is 3.12. The maximum Gasteiger partial charge on any atom is 0.244 e. The van der Waals surface area contributed by atoms with E-state index < -0.39 is 16.1 Å². The van der Waals surface area contributed by atoms with Crippen LogP contribution in [0.5, 0.6) is 5.75 Å². The molecule has 6 nitrogen and oxygen atoms in total. The number of benzene rings is 2. The van der Waals surface area contributed by atoms with Crippen molar-refractivity contribution < 1.29 is 17.9 Å². The zero-order valence-electron chi connectivity index (χ0n) is 16.0. The monoisotopic (exact) mass is 390 g/mol. The van der Waals surface area contributed by atoms with E-state index in [0.717, 1.165) is 16.1 Å². The zero-order valence-corrected chi connectivity index (χ0v) is 16.9. The van der Waals surface area contributed by atoms with E-state index >= 15 is 0 Å². The summed E-state index contributed by atoms with van der Waals surface area (Å²) in [6.45, 7) is 3.55. The molecule has 2 rings (SSSR count). The molecule has 0 aliphatic rings. The van der Waals surface area contributed by atoms with E-state index in [4.69, 9.17) is 4.74 Å². The molecule has 0 bridgehead atoms. The van der Waals surface area contributed by atoms with Gasteiger partial charge in [0.05, 0.1) is 25.1 Å². The average Bonchev–Trinajstić information content (AvgIpc) is 2.66. The molecule has 0 aromatic heterocycles. The first kappa shape index (κ1) is 20.8. The molecule has 0 unspecified atom stereocenters. The molecule has 146 valence electrons. The van der Waals surface area contributed by atoms with Gasteiger partial charge in [0.2, 0.25) is 15.9 Å². The fourth-order valence-corrected chi connectivity index (χ4v) is 4.11. The molecule has 2 aromatic carbocycles. The van der Waals surface area contributed by atoms with Gasteiger partial charge in [0, 0.05) is 0 Å². The van der Waals surface area contributed by atoms with Gasteiger partial charge in [0.25, 0.3) is 0 Å². The summed E-state index contributed by atoms with van der Waals surface area (Å²) in [4.78, 5) is 12.8. The number of rotatable bonds is 8. The molecule has 0 spiro atoms. The van der Waals surface area contributed by atoms with Gasteiger partial charge in [-0.3, -0.25) is 9.10 Å². The highest BCUT2D eigenvalue weighted by Crippen LogP contribution is 2.24. The summed E-state index contributed by atoms with van der Waals surface area (Å²) in [5.41, 5.74) is 1.39. The summed E-state index contributed by atoms with van der Waals surface area (Å²) >= 11 is 0. The number of methoxy groups -OCH3 is 1. The third-order valence-corrected chi connectivity index (χ3v) is 5.58. The second-order valence-corrected chi connectivity index (χ2v) is 8.17. The molecule has 2 aromatic rings. The number of anilines is 1. The van der Waals surface area contributed by atoms with Gasteiger partial charge in [0.1, 0.15) is 11.8 Å². The van der Waals surface area contributed by atoms with Crippen molar-refractivity contribution in [1.29, 1.82) is 0 Å². The van der Waals surface area contributed by atoms with Crippen molar-refractivity contribution in [3.63, 3.8) is 0 Å². The van der Waals surface area contributed by atoms with E-state index in [-0.39, 0.29) is 11.9 Å². The zero-order chi connectivity index (χ0) is 20.0. The number of carbonyl (C=O) groups excluding carboxylic acids is 1. The third kappa shape index (κ3) is 5.23. The van der Waals surface area contributed by atoms with Crippen LogP contribution in [0.3, 0.4) is 0 Å². The molecule has 0 saturated heterocycles. The third-order valence-electron chi connectivity index (χ3n) is 4.34. The Kier molecular flexibility index (Phi) is 6.85. The summed E-state index contributed by atoms with van der Waals surface area (Å²) in [5.74, 6) is 0.256. The van der Waals surface area contributed by atoms with Crippen LogP contribution in [0.1, 0.15) is 31.9 Å². The number of amides is 1. The Bertz CT molecular complexity index is 851. The lowest BCUT2D eigenvalue weighted by molar-refractivity contribution is -0.122. The van der Waals surface area contributed by atoms with Crippen molar-refractivity contribution in [3.05, 3.63) is 60.2 Å². The van der Waals surface area contributed by atoms with Crippen LogP contribution in [-0.4, -0.2) is 33.7 Å². The minimum absolute atomic E-state index is 0.182. The topological polar surface area (TPSA) is 75.7 Å². The molecule has 1 N–H and O–H groups in total. The number of hydrogen-bond acceptors (Lipinski definition) is 4. The van der Waals surface area contributed by atoms with Crippen LogP contribution in [0.25, 0.3) is 0 Å². The van der Waals surface area contributed by atoms with Crippen LogP contribution >= 0.6 is 0 Å². The number of nitrogens with zero attached hydrogens (tertiary/aromatic N) is 1. The lowest BCUT2D eigenvalue weighted by Crippen LogP contribution is -2.48. The quantitative estimate of drug-likeness (QED) is 0.751. The Balaban J connectivity index is 2.26. The van der Waals surface area contributed by atoms with Gasteiger partial charge in [-0.15, -0.1) is 0 Å². The highest BCUT2D eigenvalue weighted by atomic mass is 32.2. The van der Waals surface area contributed by atoms with Gasteiger partial charge < -0.3 is 10.1 Å². The van der Waals surface area contributed by atoms with E-state index in [1.165, 1.54) is 7.11 Å². The van der Waals surface area contributed by atoms with E-state index in [2.05, 4.69) is 5.32 Å². The standard InChI is InChI=1S/C20H26N2O4S/c1-5-19(16-9-7-6-8-10-16)21-20(23)15(2)22(27(4,24)25)17-11-13-18(26-3)14-12-17/h6-15,19H,5H2,1-4H3,(H,21,23)/t15-,19+/m1/s1. The maximum atomic E-state index is 12.8. The fourth-order valence-electron chi connectivity index (χ4n) is 2.94. The van der Waals surface area contributed by atoms with Crippen LogP contribution in [0.15, 0.2) is 54.6 Å². The molecule has 2 atom stereocenters. The predicted molar refractivity (Wildman–Crippen MR) is 107 cm³/mol. The SMILES string of the molecule is CC[C@H](NC(=O)[C@@H](C)N(c1ccc(OC)cc1)S(C)(=O)=O)c1ccccc1. The van der Waals surface area contributed by atoms with E-state index in [1.54, 1.807) is 31.2 Å². The van der Waals surface area contributed by atoms with Crippen molar-refractivity contribution >= 4 is 21.6 Å². The maximum absolute atomic E-state index is 12.8. The van der Waals surface area contributed by atoms with Crippen LogP contribution in [0.2, 0.25) is 0 Å². The molecule has 0 saturated carbocycles. The lowest BCUT2D eigenvalue weighted by Gasteiger charge is -2.30. The van der Waals surface area contributed by atoms with E-state index in [0.29, 0.717) is 17.9 Å². The van der Waals surface area contributed by atoms with Gasteiger partial charge in [-0.05, 0) is 43.2 Å². The lowest BCUT2D eigenvalue weighted by atomic mass is 10.0. The minimum Gasteiger partial charge on any atom is -0.497 e. The largest absolute Gasteiger partial charge is 0.497 e. The Morgan fingerprint density at radius 2 is 1.70 bits per heavy atom. The minimum atomic E-state index is -3.66. The number of carbonyl (C=O) groups is 1. The van der Waals surface area contributed by atoms with Gasteiger partial charge in [-0.25, -0.2) is 8.42 Å². The van der Waals surface area contributed by atoms with Crippen LogP contribution in [0.4, 0.5) is 5.69 Å². The van der Waals surface area contributed by atoms with E-state index in [1.807, 2.05) is 37.3 Å². The molecule has 1 amide bonds. The van der Waals surface area contributed by atoms with Crippen LogP contribution < -0.4 is 14.4 Å². The van der Waals surface area contributed by atoms with Crippen molar-refractivity contribution in [2.24, 2.45) is 0 Å². The van der Waals surface area contributed by atoms with Crippen LogP contribution in [0, 0.1) is 0 Å². The molecule has 0 fully saturated rings. The molecular formula is C20H26N2O4S. The molecule has 0 radical (unpaired) electrons. The van der Waals surface area contributed by atoms with Crippen molar-refractivity contribution in [1.82, 2.24) is 5.32 Å². The summed E-state index contributed by atoms with van der Waals surface area (Å²) in [6, 6.07) is 15.1. The van der Waals surface area contributed by atoms with Gasteiger partial charge >= 0.3 is 0 Å². The number of hydrogen-bond donors (Lipinski definition) is 1. The Morgan fingerprint density at radius 1 is 1.11 bits per heavy atom. The van der Waals surface area contributed by atoms with Crippen molar-refractivity contribution in [2.75, 3.05) is 17.7 Å². The highest BCUT2D eigenvalue weighted by molar-refractivity contribution is 7.92. The second kappa shape index (κ2) is 8.90. The number of ether oxygens (including phenoxy) is 1. The molecule has 27 heavy (non-hydrogen) atoms. The van der Waals surface area contributed by atoms with Crippen molar-refractivity contribution in [3.8, 4) is 5.75 Å². The number of sulfonamides is 1. The Labute approximate surface area is 161 Å². The summed E-state index contributed by atoms with van der Waals surface area (Å²) in [7, 11) is -2.12. The normalized spacial score (nSPS) is 13.5. The molecule has 0 heterocycles. The highest BCUT2D eigenvalue weighted by Gasteiger charge is 2.30. The van der Waals surface area contributed by atoms with Crippen LogP contribution in [-0.2, 0) is 14.8 Å². The second-order valence-electron chi connectivity index (χ2n) is 6.31. The number of nitrogens with one attached hydrogen (secondary N) is 1. The summed E-state index contributed by atoms with van der Waals surface area (Å²) < 4.78 is 31.0. The summed E-state index contributed by atoms with van der Waals surface area (Å²) in [6.07, 6.45) is 1.79. The molecule has 0 aliphatic heterocycles. The smallest absolute Gasteiger partial charge is 0.244 e. The average molecular weight is 391 g/mol. The first-order chi connectivity index (χ1) is 12.8. The molecule has 7 heteroatoms. The van der Waals surface area contributed by atoms with Gasteiger partial charge in [0.15, 0.2) is 0 Å². The van der Waals surface area contributed by atoms with Crippen molar-refractivity contribution in [2.45, 2.75) is 32.4 Å². The first-order valence-corrected chi connectivity index (χ1v) is 10.6. The molecule has 0 aliphatic carbocycles. The van der Waals surface area contributed by atoms with E-state index in [9.17, 15) is 13.2 Å². The van der Waals surface area contributed by atoms with Gasteiger partial charge in [-0.2, -0.15) is 0 Å². The Morgan fingerprint density at radius 3 is 2.19 bits per heavy atom. The van der Waals surface area contributed by atoms with Gasteiger partial charge in [-0.1, -0.05) is 37.3 Å². The fraction of sp³-hybridized carbons (Fsp3) is 0.350. The Hall–Kier alpha value is -2.54.